The average Bonchev–Trinajstić information content (AvgIpc) is 2.16. The van der Waals surface area contributed by atoms with Crippen LogP contribution in [0.2, 0.25) is 0 Å². The van der Waals surface area contributed by atoms with Crippen LogP contribution in [-0.2, 0) is 14.3 Å². The van der Waals surface area contributed by atoms with Gasteiger partial charge in [0.15, 0.2) is 0 Å². The second-order valence-electron chi connectivity index (χ2n) is 3.37. The third kappa shape index (κ3) is 7.17. The third-order valence-electron chi connectivity index (χ3n) is 1.59. The summed E-state index contributed by atoms with van der Waals surface area (Å²) in [7, 11) is 0. The Labute approximate surface area is 95.0 Å². The van der Waals surface area contributed by atoms with Crippen molar-refractivity contribution in [3.05, 3.63) is 23.8 Å². The highest BCUT2D eigenvalue weighted by Gasteiger charge is 2.12. The fourth-order valence-electron chi connectivity index (χ4n) is 0.875. The lowest BCUT2D eigenvalue weighted by Crippen LogP contribution is -2.20. The Hall–Kier alpha value is -1.17. The summed E-state index contributed by atoms with van der Waals surface area (Å²) in [6, 6.07) is 0. The summed E-state index contributed by atoms with van der Waals surface area (Å²) in [5.41, 5.74) is 1.07. The Bertz CT molecular complexity index is 270. The van der Waals surface area contributed by atoms with Gasteiger partial charge in [-0.2, -0.15) is 0 Å². The number of ether oxygens (including phenoxy) is 2. The van der Waals surface area contributed by atoms with Gasteiger partial charge in [0.1, 0.15) is 0 Å². The molecule has 1 unspecified atom stereocenters. The van der Waals surface area contributed by atoms with Gasteiger partial charge in [0, 0.05) is 12.5 Å². The molecule has 0 aromatic heterocycles. The normalized spacial score (nSPS) is 13.4. The van der Waals surface area contributed by atoms with Crippen molar-refractivity contribution in [1.82, 2.24) is 0 Å². The number of rotatable bonds is 7. The van der Waals surface area contributed by atoms with Crippen molar-refractivity contribution >= 4 is 5.97 Å². The largest absolute Gasteiger partial charge is 0.432 e. The fourth-order valence-corrected chi connectivity index (χ4v) is 0.875. The van der Waals surface area contributed by atoms with E-state index in [4.69, 9.17) is 9.84 Å². The molecule has 92 valence electrons. The van der Waals surface area contributed by atoms with Crippen LogP contribution in [0.4, 0.5) is 0 Å². The molecule has 0 rings (SSSR count). The minimum Gasteiger partial charge on any atom is -0.432 e. The van der Waals surface area contributed by atoms with Crippen LogP contribution in [0.25, 0.3) is 0 Å². The molecular formula is C11H18O5. The van der Waals surface area contributed by atoms with E-state index < -0.39 is 18.9 Å². The van der Waals surface area contributed by atoms with E-state index in [0.29, 0.717) is 6.61 Å². The van der Waals surface area contributed by atoms with Crippen molar-refractivity contribution in [1.29, 1.82) is 0 Å². The third-order valence-corrected chi connectivity index (χ3v) is 1.59. The van der Waals surface area contributed by atoms with Crippen LogP contribution in [0.15, 0.2) is 23.8 Å². The van der Waals surface area contributed by atoms with Gasteiger partial charge in [-0.25, -0.2) is 0 Å². The number of esters is 1. The molecule has 1 atom stereocenters. The first-order valence-corrected chi connectivity index (χ1v) is 4.84. The predicted molar refractivity (Wildman–Crippen MR) is 58.6 cm³/mol. The Morgan fingerprint density at radius 1 is 1.50 bits per heavy atom. The summed E-state index contributed by atoms with van der Waals surface area (Å²) in [5, 5.41) is 18.3. The van der Waals surface area contributed by atoms with Gasteiger partial charge >= 0.3 is 5.97 Å². The van der Waals surface area contributed by atoms with E-state index in [2.05, 4.69) is 11.3 Å². The zero-order valence-electron chi connectivity index (χ0n) is 9.60. The molecule has 0 aromatic rings. The van der Waals surface area contributed by atoms with Crippen LogP contribution >= 0.6 is 0 Å². The molecule has 0 radical (unpaired) electrons. The molecule has 0 spiro atoms. The number of aliphatic hydroxyl groups is 2. The molecule has 5 heteroatoms. The van der Waals surface area contributed by atoms with E-state index in [1.807, 2.05) is 6.92 Å². The molecule has 0 saturated carbocycles. The lowest BCUT2D eigenvalue weighted by molar-refractivity contribution is -0.159. The lowest BCUT2D eigenvalue weighted by atomic mass is 10.2. The molecule has 0 aliphatic heterocycles. The first-order chi connectivity index (χ1) is 7.47. The van der Waals surface area contributed by atoms with Gasteiger partial charge in [0.2, 0.25) is 6.29 Å². The molecule has 0 aliphatic rings. The van der Waals surface area contributed by atoms with Crippen LogP contribution in [-0.4, -0.2) is 42.3 Å². The Morgan fingerprint density at radius 3 is 2.56 bits per heavy atom. The Morgan fingerprint density at radius 2 is 2.12 bits per heavy atom. The summed E-state index contributed by atoms with van der Waals surface area (Å²) in [6.45, 7) is 6.87. The smallest absolute Gasteiger partial charge is 0.305 e. The number of aliphatic hydroxyl groups excluding tert-OH is 2. The van der Waals surface area contributed by atoms with E-state index in [1.54, 1.807) is 0 Å². The number of hydrogen-bond acceptors (Lipinski definition) is 5. The highest BCUT2D eigenvalue weighted by atomic mass is 16.6. The van der Waals surface area contributed by atoms with Crippen LogP contribution in [0, 0.1) is 0 Å². The summed E-state index contributed by atoms with van der Waals surface area (Å²) >= 11 is 0. The van der Waals surface area contributed by atoms with E-state index in [9.17, 15) is 9.90 Å². The van der Waals surface area contributed by atoms with Gasteiger partial charge < -0.3 is 19.7 Å². The van der Waals surface area contributed by atoms with Crippen molar-refractivity contribution in [2.24, 2.45) is 0 Å². The van der Waals surface area contributed by atoms with Gasteiger partial charge in [-0.1, -0.05) is 18.2 Å². The van der Waals surface area contributed by atoms with Crippen molar-refractivity contribution in [2.45, 2.75) is 20.1 Å². The van der Waals surface area contributed by atoms with Crippen LogP contribution in [0.3, 0.4) is 0 Å². The highest BCUT2D eigenvalue weighted by Crippen LogP contribution is 2.04. The summed E-state index contributed by atoms with van der Waals surface area (Å²) in [6.07, 6.45) is 0.0484. The maximum Gasteiger partial charge on any atom is 0.305 e. The first kappa shape index (κ1) is 14.8. The predicted octanol–water partition coefficient (Wildman–Crippen LogP) is 0.379. The van der Waals surface area contributed by atoms with Gasteiger partial charge in [0.05, 0.1) is 19.8 Å². The maximum atomic E-state index is 10.6. The maximum absolute atomic E-state index is 10.6. The molecule has 2 N–H and O–H groups in total. The minimum atomic E-state index is -1.42. The second-order valence-corrected chi connectivity index (χ2v) is 3.37. The van der Waals surface area contributed by atoms with Crippen LogP contribution in [0.1, 0.15) is 13.8 Å². The Kier molecular flexibility index (Phi) is 7.45. The summed E-state index contributed by atoms with van der Waals surface area (Å²) in [5.74, 6) is -0.616. The zero-order valence-corrected chi connectivity index (χ0v) is 9.60. The molecule has 0 bridgehead atoms. The SMILES string of the molecule is C=C(C)COCC=C(CO)C(O)OC(C)=O. The molecule has 16 heavy (non-hydrogen) atoms. The summed E-state index contributed by atoms with van der Waals surface area (Å²) < 4.78 is 9.64. The molecule has 5 nitrogen and oxygen atoms in total. The van der Waals surface area contributed by atoms with E-state index in [1.165, 1.54) is 13.0 Å². The molecule has 0 saturated heterocycles. The topological polar surface area (TPSA) is 76.0 Å². The second kappa shape index (κ2) is 8.04. The number of hydrogen-bond donors (Lipinski definition) is 2. The molecule has 0 amide bonds. The van der Waals surface area contributed by atoms with Gasteiger partial charge in [-0.15, -0.1) is 0 Å². The standard InChI is InChI=1S/C11H18O5/c1-8(2)7-15-5-4-10(6-12)11(14)16-9(3)13/h4,11-12,14H,1,5-7H2,2-3H3. The van der Waals surface area contributed by atoms with Gasteiger partial charge in [-0.3, -0.25) is 4.79 Å². The van der Waals surface area contributed by atoms with Crippen molar-refractivity contribution in [3.63, 3.8) is 0 Å². The lowest BCUT2D eigenvalue weighted by Gasteiger charge is -2.12. The zero-order chi connectivity index (χ0) is 12.6. The quantitative estimate of drug-likeness (QED) is 0.286. The van der Waals surface area contributed by atoms with E-state index in [-0.39, 0.29) is 12.2 Å². The molecule has 0 aromatic carbocycles. The fraction of sp³-hybridized carbons (Fsp3) is 0.545. The molecule has 0 fully saturated rings. The molecular weight excluding hydrogens is 212 g/mol. The van der Waals surface area contributed by atoms with Crippen molar-refractivity contribution in [3.8, 4) is 0 Å². The highest BCUT2D eigenvalue weighted by molar-refractivity contribution is 5.66. The van der Waals surface area contributed by atoms with Gasteiger partial charge in [-0.05, 0) is 6.92 Å². The van der Waals surface area contributed by atoms with Gasteiger partial charge in [0.25, 0.3) is 0 Å². The average molecular weight is 230 g/mol. The molecule has 0 aliphatic carbocycles. The number of carbonyl (C=O) groups is 1. The van der Waals surface area contributed by atoms with E-state index >= 15 is 0 Å². The monoisotopic (exact) mass is 230 g/mol. The Balaban J connectivity index is 4.09. The van der Waals surface area contributed by atoms with Crippen LogP contribution < -0.4 is 0 Å². The van der Waals surface area contributed by atoms with E-state index in [0.717, 1.165) is 5.57 Å². The molecule has 0 heterocycles. The van der Waals surface area contributed by atoms with Crippen LogP contribution in [0.5, 0.6) is 0 Å². The number of carbonyl (C=O) groups excluding carboxylic acids is 1. The van der Waals surface area contributed by atoms with Crippen molar-refractivity contribution in [2.75, 3.05) is 19.8 Å². The first-order valence-electron chi connectivity index (χ1n) is 4.84. The minimum absolute atomic E-state index is 0.192. The van der Waals surface area contributed by atoms with Crippen molar-refractivity contribution < 1.29 is 24.5 Å². The summed E-state index contributed by atoms with van der Waals surface area (Å²) in [4.78, 5) is 10.6.